The maximum atomic E-state index is 13.3. The Morgan fingerprint density at radius 3 is 2.58 bits per heavy atom. The van der Waals surface area contributed by atoms with Crippen molar-refractivity contribution < 1.29 is 26.7 Å². The largest absolute Gasteiger partial charge is 0.492 e. The predicted molar refractivity (Wildman–Crippen MR) is 110 cm³/mol. The van der Waals surface area contributed by atoms with E-state index in [9.17, 15) is 22.0 Å². The number of halogens is 2. The van der Waals surface area contributed by atoms with Gasteiger partial charge in [0.25, 0.3) is 15.9 Å². The van der Waals surface area contributed by atoms with E-state index in [1.165, 1.54) is 48.8 Å². The molecular formula is C21H19F2N3O4S. The second kappa shape index (κ2) is 9.52. The molecule has 0 saturated heterocycles. The molecular weight excluding hydrogens is 428 g/mol. The van der Waals surface area contributed by atoms with Crippen LogP contribution in [0.5, 0.6) is 5.75 Å². The number of hydrogen-bond acceptors (Lipinski definition) is 5. The van der Waals surface area contributed by atoms with E-state index in [4.69, 9.17) is 4.74 Å². The fraction of sp³-hybridized carbons (Fsp3) is 0.143. The number of anilines is 1. The summed E-state index contributed by atoms with van der Waals surface area (Å²) in [7, 11) is -4.13. The molecule has 31 heavy (non-hydrogen) atoms. The number of nitrogens with zero attached hydrogens (tertiary/aromatic N) is 1. The average molecular weight is 447 g/mol. The molecule has 162 valence electrons. The number of sulfonamides is 1. The van der Waals surface area contributed by atoms with Gasteiger partial charge in [0.05, 0.1) is 30.3 Å². The van der Waals surface area contributed by atoms with Crippen molar-refractivity contribution in [1.29, 1.82) is 0 Å². The van der Waals surface area contributed by atoms with Crippen LogP contribution in [0.4, 0.5) is 14.5 Å². The van der Waals surface area contributed by atoms with Crippen LogP contribution in [0.15, 0.2) is 65.8 Å². The van der Waals surface area contributed by atoms with Gasteiger partial charge in [-0.05, 0) is 36.8 Å². The summed E-state index contributed by atoms with van der Waals surface area (Å²) in [5.41, 5.74) is 0.388. The molecule has 3 aromatic rings. The van der Waals surface area contributed by atoms with Crippen LogP contribution in [0.3, 0.4) is 0 Å². The maximum absolute atomic E-state index is 13.3. The van der Waals surface area contributed by atoms with Crippen molar-refractivity contribution in [1.82, 2.24) is 10.3 Å². The Labute approximate surface area is 178 Å². The summed E-state index contributed by atoms with van der Waals surface area (Å²) in [6.07, 6.45) is 2.76. The molecule has 2 N–H and O–H groups in total. The van der Waals surface area contributed by atoms with Crippen LogP contribution >= 0.6 is 0 Å². The van der Waals surface area contributed by atoms with Gasteiger partial charge in [0.1, 0.15) is 10.6 Å². The second-order valence-corrected chi connectivity index (χ2v) is 8.03. The summed E-state index contributed by atoms with van der Waals surface area (Å²) in [4.78, 5) is 16.3. The van der Waals surface area contributed by atoms with Gasteiger partial charge in [-0.25, -0.2) is 17.2 Å². The number of nitrogens with one attached hydrogen (secondary N) is 2. The summed E-state index contributed by atoms with van der Waals surface area (Å²) in [5.74, 6) is -2.34. The summed E-state index contributed by atoms with van der Waals surface area (Å²) in [6, 6.07) is 10.3. The Morgan fingerprint density at radius 1 is 1.06 bits per heavy atom. The van der Waals surface area contributed by atoms with E-state index in [2.05, 4.69) is 15.0 Å². The van der Waals surface area contributed by atoms with Crippen LogP contribution in [0.1, 0.15) is 22.8 Å². The third-order valence-corrected chi connectivity index (χ3v) is 5.57. The molecule has 0 radical (unpaired) electrons. The molecule has 0 aliphatic heterocycles. The number of rotatable bonds is 8. The number of benzene rings is 2. The lowest BCUT2D eigenvalue weighted by atomic mass is 10.2. The highest BCUT2D eigenvalue weighted by Gasteiger charge is 2.22. The van der Waals surface area contributed by atoms with Crippen LogP contribution < -0.4 is 14.8 Å². The topological polar surface area (TPSA) is 97.4 Å². The van der Waals surface area contributed by atoms with Gasteiger partial charge in [-0.3, -0.25) is 14.5 Å². The summed E-state index contributed by atoms with van der Waals surface area (Å²) in [6.45, 7) is 2.06. The molecule has 0 unspecified atom stereocenters. The Bertz CT molecular complexity index is 1200. The van der Waals surface area contributed by atoms with Gasteiger partial charge in [0.2, 0.25) is 0 Å². The lowest BCUT2D eigenvalue weighted by molar-refractivity contribution is 0.0947. The molecule has 0 atom stereocenters. The molecule has 1 amide bonds. The smallest absolute Gasteiger partial charge is 0.262 e. The first-order chi connectivity index (χ1) is 14.8. The first-order valence-corrected chi connectivity index (χ1v) is 10.7. The summed E-state index contributed by atoms with van der Waals surface area (Å²) >= 11 is 0. The minimum atomic E-state index is -4.13. The number of pyridine rings is 1. The molecule has 7 nitrogen and oxygen atoms in total. The van der Waals surface area contributed by atoms with E-state index in [0.717, 1.165) is 12.1 Å². The first-order valence-electron chi connectivity index (χ1n) is 9.22. The molecule has 0 saturated carbocycles. The molecule has 2 aromatic carbocycles. The molecule has 0 spiro atoms. The van der Waals surface area contributed by atoms with Crippen molar-refractivity contribution in [3.63, 3.8) is 0 Å². The fourth-order valence-corrected chi connectivity index (χ4v) is 3.99. The fourth-order valence-electron chi connectivity index (χ4n) is 2.75. The lowest BCUT2D eigenvalue weighted by Gasteiger charge is -2.13. The van der Waals surface area contributed by atoms with Crippen molar-refractivity contribution in [3.8, 4) is 5.75 Å². The highest BCUT2D eigenvalue weighted by Crippen LogP contribution is 2.22. The average Bonchev–Trinajstić information content (AvgIpc) is 2.74. The maximum Gasteiger partial charge on any atom is 0.262 e. The van der Waals surface area contributed by atoms with E-state index in [1.807, 2.05) is 0 Å². The highest BCUT2D eigenvalue weighted by atomic mass is 32.2. The van der Waals surface area contributed by atoms with Gasteiger partial charge in [0.15, 0.2) is 11.6 Å². The predicted octanol–water partition coefficient (Wildman–Crippen LogP) is 3.49. The molecule has 0 aliphatic carbocycles. The van der Waals surface area contributed by atoms with E-state index < -0.39 is 27.6 Å². The summed E-state index contributed by atoms with van der Waals surface area (Å²) < 4.78 is 59.9. The number of hydrogen-bond donors (Lipinski definition) is 2. The number of aromatic nitrogens is 1. The zero-order valence-electron chi connectivity index (χ0n) is 16.4. The second-order valence-electron chi connectivity index (χ2n) is 6.38. The van der Waals surface area contributed by atoms with Crippen LogP contribution in [0, 0.1) is 11.6 Å². The Kier molecular flexibility index (Phi) is 6.81. The van der Waals surface area contributed by atoms with E-state index in [1.54, 1.807) is 6.92 Å². The molecule has 1 heterocycles. The van der Waals surface area contributed by atoms with Gasteiger partial charge < -0.3 is 10.1 Å². The molecule has 3 rings (SSSR count). The van der Waals surface area contributed by atoms with Crippen LogP contribution in [-0.2, 0) is 16.6 Å². The third-order valence-electron chi connectivity index (χ3n) is 4.13. The molecule has 0 bridgehead atoms. The number of ether oxygens (including phenoxy) is 1. The van der Waals surface area contributed by atoms with Crippen molar-refractivity contribution in [3.05, 3.63) is 83.7 Å². The lowest BCUT2D eigenvalue weighted by Crippen LogP contribution is -2.26. The number of carbonyl (C=O) groups is 1. The minimum absolute atomic E-state index is 0.105. The van der Waals surface area contributed by atoms with E-state index >= 15 is 0 Å². The minimum Gasteiger partial charge on any atom is -0.492 e. The highest BCUT2D eigenvalue weighted by molar-refractivity contribution is 7.92. The zero-order chi connectivity index (χ0) is 22.4. The van der Waals surface area contributed by atoms with Gasteiger partial charge >= 0.3 is 0 Å². The van der Waals surface area contributed by atoms with Crippen molar-refractivity contribution >= 4 is 21.6 Å². The summed E-state index contributed by atoms with van der Waals surface area (Å²) in [5, 5.41) is 2.51. The van der Waals surface area contributed by atoms with Crippen LogP contribution in [0.25, 0.3) is 0 Å². The van der Waals surface area contributed by atoms with Gasteiger partial charge in [-0.1, -0.05) is 18.2 Å². The van der Waals surface area contributed by atoms with Crippen LogP contribution in [-0.4, -0.2) is 25.9 Å². The molecule has 0 aliphatic rings. The SMILES string of the molecule is CCOc1cncc(NS(=O)(=O)c2ccccc2C(=O)NCc2ccc(F)c(F)c2)c1. The molecule has 1 aromatic heterocycles. The normalized spacial score (nSPS) is 11.1. The van der Waals surface area contributed by atoms with Gasteiger partial charge in [-0.2, -0.15) is 0 Å². The Balaban J connectivity index is 1.80. The Morgan fingerprint density at radius 2 is 1.84 bits per heavy atom. The zero-order valence-corrected chi connectivity index (χ0v) is 17.2. The standard InChI is InChI=1S/C21H19F2N3O4S/c1-2-30-16-10-15(12-24-13-16)26-31(28,29)20-6-4-3-5-17(20)21(27)25-11-14-7-8-18(22)19(23)9-14/h3-10,12-13,26H,2,11H2,1H3,(H,25,27). The molecule has 0 fully saturated rings. The van der Waals surface area contributed by atoms with Crippen molar-refractivity contribution in [2.75, 3.05) is 11.3 Å². The van der Waals surface area contributed by atoms with Crippen LogP contribution in [0.2, 0.25) is 0 Å². The first kappa shape index (κ1) is 22.2. The quantitative estimate of drug-likeness (QED) is 0.551. The number of carbonyl (C=O) groups excluding carboxylic acids is 1. The molecule has 10 heteroatoms. The van der Waals surface area contributed by atoms with E-state index in [0.29, 0.717) is 17.9 Å². The van der Waals surface area contributed by atoms with E-state index in [-0.39, 0.29) is 22.7 Å². The van der Waals surface area contributed by atoms with Crippen molar-refractivity contribution in [2.24, 2.45) is 0 Å². The Hall–Kier alpha value is -3.53. The van der Waals surface area contributed by atoms with Gasteiger partial charge in [-0.15, -0.1) is 0 Å². The number of amides is 1. The third kappa shape index (κ3) is 5.54. The van der Waals surface area contributed by atoms with Gasteiger partial charge in [0, 0.05) is 12.6 Å². The monoisotopic (exact) mass is 447 g/mol. The van der Waals surface area contributed by atoms with Crippen molar-refractivity contribution in [2.45, 2.75) is 18.4 Å².